The first kappa shape index (κ1) is 23.8. The third-order valence-electron chi connectivity index (χ3n) is 4.12. The van der Waals surface area contributed by atoms with E-state index in [0.29, 0.717) is 23.6 Å². The minimum absolute atomic E-state index is 0.0605. The zero-order valence-corrected chi connectivity index (χ0v) is 19.3. The monoisotopic (exact) mass is 466 g/mol. The third-order valence-corrected chi connectivity index (χ3v) is 6.61. The molecular weight excluding hydrogens is 442 g/mol. The molecule has 0 aliphatic rings. The van der Waals surface area contributed by atoms with Gasteiger partial charge >= 0.3 is 0 Å². The van der Waals surface area contributed by atoms with Crippen molar-refractivity contribution in [2.24, 2.45) is 5.41 Å². The number of nitrogens with zero attached hydrogens (tertiary/aromatic N) is 2. The van der Waals surface area contributed by atoms with E-state index >= 15 is 0 Å². The van der Waals surface area contributed by atoms with E-state index in [-0.39, 0.29) is 21.6 Å². The van der Waals surface area contributed by atoms with Gasteiger partial charge in [-0.1, -0.05) is 43.7 Å². The van der Waals surface area contributed by atoms with Gasteiger partial charge in [-0.3, -0.25) is 4.72 Å². The van der Waals surface area contributed by atoms with E-state index in [9.17, 15) is 17.2 Å². The molecule has 1 aromatic heterocycles. The number of rotatable bonds is 8. The van der Waals surface area contributed by atoms with E-state index in [2.05, 4.69) is 36.0 Å². The number of hydrogen-bond acceptors (Lipinski definition) is 6. The van der Waals surface area contributed by atoms with Crippen LogP contribution in [0.3, 0.4) is 0 Å². The standard InChI is InChI=1S/C18H25ClF2N4O2S2/c1-18(2,3)8-11(25(4)5)9-22-14-7-13(20)15(6-12(14)19)29(26,27)24-17-23-10-16(21)28-17/h6-7,10-11,22H,8-9H2,1-5H3,(H,23,24)/t11-/m1/s1. The van der Waals surface area contributed by atoms with Gasteiger partial charge in [0.1, 0.15) is 10.7 Å². The van der Waals surface area contributed by atoms with E-state index in [1.54, 1.807) is 0 Å². The van der Waals surface area contributed by atoms with Gasteiger partial charge in [0.25, 0.3) is 10.0 Å². The molecule has 0 aliphatic carbocycles. The molecule has 162 valence electrons. The van der Waals surface area contributed by atoms with Gasteiger partial charge in [0.05, 0.1) is 16.9 Å². The summed E-state index contributed by atoms with van der Waals surface area (Å²) >= 11 is 6.70. The summed E-state index contributed by atoms with van der Waals surface area (Å²) < 4.78 is 54.5. The molecule has 0 fully saturated rings. The number of thiazole rings is 1. The largest absolute Gasteiger partial charge is 0.382 e. The highest BCUT2D eigenvalue weighted by molar-refractivity contribution is 7.93. The highest BCUT2D eigenvalue weighted by Crippen LogP contribution is 2.30. The van der Waals surface area contributed by atoms with Crippen molar-refractivity contribution in [1.82, 2.24) is 9.88 Å². The first-order valence-corrected chi connectivity index (χ1v) is 11.5. The summed E-state index contributed by atoms with van der Waals surface area (Å²) in [4.78, 5) is 5.00. The number of hydrogen-bond donors (Lipinski definition) is 2. The Morgan fingerprint density at radius 2 is 1.93 bits per heavy atom. The van der Waals surface area contributed by atoms with Crippen molar-refractivity contribution in [1.29, 1.82) is 0 Å². The molecule has 0 saturated carbocycles. The van der Waals surface area contributed by atoms with Crippen molar-refractivity contribution in [3.63, 3.8) is 0 Å². The van der Waals surface area contributed by atoms with Crippen molar-refractivity contribution in [3.8, 4) is 0 Å². The molecule has 11 heteroatoms. The van der Waals surface area contributed by atoms with E-state index in [0.717, 1.165) is 24.8 Å². The minimum atomic E-state index is -4.30. The molecule has 0 spiro atoms. The third kappa shape index (κ3) is 6.77. The first-order chi connectivity index (χ1) is 13.3. The number of halogens is 3. The Morgan fingerprint density at radius 3 is 2.45 bits per heavy atom. The predicted octanol–water partition coefficient (Wildman–Crippen LogP) is 4.65. The van der Waals surface area contributed by atoms with Crippen LogP contribution < -0.4 is 10.0 Å². The molecule has 29 heavy (non-hydrogen) atoms. The summed E-state index contributed by atoms with van der Waals surface area (Å²) in [6.07, 6.45) is 1.77. The second-order valence-corrected chi connectivity index (χ2v) is 11.1. The fraction of sp³-hybridized carbons (Fsp3) is 0.500. The molecule has 1 atom stereocenters. The highest BCUT2D eigenvalue weighted by atomic mass is 35.5. The lowest BCUT2D eigenvalue weighted by molar-refractivity contribution is 0.218. The zero-order valence-electron chi connectivity index (χ0n) is 16.9. The normalized spacial score (nSPS) is 13.6. The Hall–Kier alpha value is -1.49. The van der Waals surface area contributed by atoms with E-state index in [1.165, 1.54) is 0 Å². The minimum Gasteiger partial charge on any atom is -0.382 e. The molecule has 1 heterocycles. The average Bonchev–Trinajstić information content (AvgIpc) is 2.96. The molecule has 0 saturated heterocycles. The van der Waals surface area contributed by atoms with E-state index in [1.807, 2.05) is 18.8 Å². The Labute approximate surface area is 179 Å². The van der Waals surface area contributed by atoms with Crippen molar-refractivity contribution in [2.45, 2.75) is 38.1 Å². The summed E-state index contributed by atoms with van der Waals surface area (Å²) in [5, 5.41) is 2.30. The fourth-order valence-corrected chi connectivity index (χ4v) is 4.88. The quantitative estimate of drug-likeness (QED) is 0.592. The number of sulfonamides is 1. The van der Waals surface area contributed by atoms with Crippen LogP contribution in [0.25, 0.3) is 0 Å². The van der Waals surface area contributed by atoms with Crippen LogP contribution >= 0.6 is 22.9 Å². The maximum atomic E-state index is 14.6. The van der Waals surface area contributed by atoms with Gasteiger partial charge < -0.3 is 10.2 Å². The van der Waals surface area contributed by atoms with Crippen molar-refractivity contribution in [3.05, 3.63) is 34.3 Å². The molecule has 2 N–H and O–H groups in total. The van der Waals surface area contributed by atoms with Crippen LogP contribution in [-0.2, 0) is 10.0 Å². The van der Waals surface area contributed by atoms with Crippen molar-refractivity contribution >= 4 is 43.8 Å². The molecule has 0 aliphatic heterocycles. The number of aromatic nitrogens is 1. The fourth-order valence-electron chi connectivity index (χ4n) is 2.71. The van der Waals surface area contributed by atoms with Gasteiger partial charge in [-0.15, -0.1) is 0 Å². The lowest BCUT2D eigenvalue weighted by Crippen LogP contribution is -2.37. The Bertz CT molecular complexity index is 959. The van der Waals surface area contributed by atoms with Gasteiger partial charge in [-0.05, 0) is 38.1 Å². The molecular formula is C18H25ClF2N4O2S2. The maximum absolute atomic E-state index is 14.6. The summed E-state index contributed by atoms with van der Waals surface area (Å²) in [6.45, 7) is 6.91. The topological polar surface area (TPSA) is 74.3 Å². The van der Waals surface area contributed by atoms with E-state index in [4.69, 9.17) is 11.6 Å². The van der Waals surface area contributed by atoms with Crippen molar-refractivity contribution < 1.29 is 17.2 Å². The van der Waals surface area contributed by atoms with Gasteiger partial charge in [-0.2, -0.15) is 4.39 Å². The molecule has 0 bridgehead atoms. The summed E-state index contributed by atoms with van der Waals surface area (Å²) in [5.74, 6) is -0.973. The van der Waals surface area contributed by atoms with E-state index < -0.39 is 25.9 Å². The molecule has 2 rings (SSSR count). The Balaban J connectivity index is 2.20. The number of likely N-dealkylation sites (N-methyl/N-ethyl adjacent to an activating group) is 1. The lowest BCUT2D eigenvalue weighted by atomic mass is 9.87. The Morgan fingerprint density at radius 1 is 1.28 bits per heavy atom. The smallest absolute Gasteiger partial charge is 0.266 e. The maximum Gasteiger partial charge on any atom is 0.266 e. The van der Waals surface area contributed by atoms with Crippen LogP contribution in [0.2, 0.25) is 5.02 Å². The number of anilines is 2. The first-order valence-electron chi connectivity index (χ1n) is 8.82. The molecule has 2 aromatic rings. The highest BCUT2D eigenvalue weighted by Gasteiger charge is 2.24. The van der Waals surface area contributed by atoms with Gasteiger partial charge in [-0.25, -0.2) is 17.8 Å². The number of nitrogens with one attached hydrogen (secondary N) is 2. The average molecular weight is 467 g/mol. The van der Waals surface area contributed by atoms with Crippen LogP contribution in [-0.4, -0.2) is 45.0 Å². The molecule has 0 radical (unpaired) electrons. The Kier molecular flexibility index (Phi) is 7.47. The number of benzene rings is 1. The lowest BCUT2D eigenvalue weighted by Gasteiger charge is -2.31. The second-order valence-electron chi connectivity index (χ2n) is 8.10. The zero-order chi connectivity index (χ0) is 22.0. The van der Waals surface area contributed by atoms with Crippen LogP contribution in [0.5, 0.6) is 0 Å². The molecule has 0 unspecified atom stereocenters. The van der Waals surface area contributed by atoms with Gasteiger partial charge in [0.2, 0.25) is 0 Å². The van der Waals surface area contributed by atoms with Crippen LogP contribution in [0.15, 0.2) is 23.2 Å². The second kappa shape index (κ2) is 9.11. The summed E-state index contributed by atoms with van der Waals surface area (Å²) in [6, 6.07) is 2.24. The molecule has 6 nitrogen and oxygen atoms in total. The van der Waals surface area contributed by atoms with Crippen LogP contribution in [0.4, 0.5) is 19.6 Å². The molecule has 0 amide bonds. The SMILES string of the molecule is CN(C)[C@@H](CNc1cc(F)c(S(=O)(=O)Nc2ncc(F)s2)cc1Cl)CC(C)(C)C. The summed E-state index contributed by atoms with van der Waals surface area (Å²) in [7, 11) is -0.380. The van der Waals surface area contributed by atoms with Gasteiger partial charge in [0, 0.05) is 12.6 Å². The van der Waals surface area contributed by atoms with Crippen molar-refractivity contribution in [2.75, 3.05) is 30.7 Å². The van der Waals surface area contributed by atoms with Crippen LogP contribution in [0.1, 0.15) is 27.2 Å². The predicted molar refractivity (Wildman–Crippen MR) is 114 cm³/mol. The van der Waals surface area contributed by atoms with Crippen LogP contribution in [0, 0.1) is 16.4 Å². The summed E-state index contributed by atoms with van der Waals surface area (Å²) in [5.41, 5.74) is 0.397. The molecule has 1 aromatic carbocycles. The van der Waals surface area contributed by atoms with Gasteiger partial charge in [0.15, 0.2) is 10.3 Å².